The zero-order chi connectivity index (χ0) is 74.0. The minimum atomic E-state index is 0.338. The molecule has 0 fully saturated rings. The molecule has 1 unspecified atom stereocenters. The van der Waals surface area contributed by atoms with Crippen molar-refractivity contribution in [3.8, 4) is 0 Å². The van der Waals surface area contributed by atoms with Crippen LogP contribution in [0.3, 0.4) is 0 Å². The summed E-state index contributed by atoms with van der Waals surface area (Å²) in [6, 6.07) is 150. The number of rotatable bonds is 18. The van der Waals surface area contributed by atoms with Crippen LogP contribution in [0.2, 0.25) is 0 Å². The van der Waals surface area contributed by atoms with Crippen molar-refractivity contribution in [2.45, 2.75) is 20.3 Å². The fourth-order valence-electron chi connectivity index (χ4n) is 15.5. The predicted molar refractivity (Wildman–Crippen MR) is 470 cm³/mol. The first-order valence-corrected chi connectivity index (χ1v) is 38.0. The van der Waals surface area contributed by atoms with E-state index in [1.54, 1.807) is 0 Å². The summed E-state index contributed by atoms with van der Waals surface area (Å²) >= 11 is 0. The van der Waals surface area contributed by atoms with Crippen molar-refractivity contribution in [1.29, 1.82) is 0 Å². The third-order valence-electron chi connectivity index (χ3n) is 21.0. The molecule has 0 saturated carbocycles. The highest BCUT2D eigenvalue weighted by atomic mass is 15.2. The number of fused-ring (bicyclic) bond motifs is 4. The third kappa shape index (κ3) is 15.0. The summed E-state index contributed by atoms with van der Waals surface area (Å²) < 4.78 is 0. The topological polar surface area (TPSA) is 13.0 Å². The SMILES string of the molecule is CC1=CC(N(c2ccccc2)c2ccc3ccccc3c2)=CCC1/C=C/c1ccc(N(c2ccccc2)c2ccc3ccccc3c2)cc1C.c1ccc(/C(=C(/c2ccccc2)c2ccc(N(c3ccccc3)c3ccc4ccccc4c3)cc2)c2ccc(N(c3ccccc3)c3ccc4ccccc4c3)cc2)cc1. The lowest BCUT2D eigenvalue weighted by atomic mass is 9.85. The Balaban J connectivity index is 0.000000163. The van der Waals surface area contributed by atoms with Gasteiger partial charge < -0.3 is 19.6 Å². The van der Waals surface area contributed by atoms with E-state index < -0.39 is 0 Å². The molecule has 4 nitrogen and oxygen atoms in total. The average Bonchev–Trinajstić information content (AvgIpc) is 0.669. The molecule has 0 bridgehead atoms. The van der Waals surface area contributed by atoms with Gasteiger partial charge in [-0.1, -0.05) is 309 Å². The van der Waals surface area contributed by atoms with E-state index in [2.05, 4.69) is 476 Å². The molecule has 17 aromatic rings. The number of aryl methyl sites for hydroxylation is 1. The molecule has 1 aliphatic rings. The maximum atomic E-state index is 2.39. The van der Waals surface area contributed by atoms with Crippen LogP contribution in [0.1, 0.15) is 46.7 Å². The predicted octanol–water partition coefficient (Wildman–Crippen LogP) is 29.4. The highest BCUT2D eigenvalue weighted by molar-refractivity contribution is 6.05. The first kappa shape index (κ1) is 69.0. The number of benzene rings is 17. The van der Waals surface area contributed by atoms with E-state index in [0.29, 0.717) is 5.92 Å². The summed E-state index contributed by atoms with van der Waals surface area (Å²) in [5.41, 5.74) is 24.4. The summed E-state index contributed by atoms with van der Waals surface area (Å²) in [6.45, 7) is 4.48. The molecule has 1 atom stereocenters. The summed E-state index contributed by atoms with van der Waals surface area (Å²) in [6.07, 6.45) is 10.4. The fraction of sp³-hybridized carbons (Fsp3) is 0.0377. The zero-order valence-electron chi connectivity index (χ0n) is 61.7. The number of nitrogens with zero attached hydrogens (tertiary/aromatic N) is 4. The van der Waals surface area contributed by atoms with Crippen molar-refractivity contribution in [2.24, 2.45) is 5.92 Å². The number of allylic oxidation sites excluding steroid dienone is 4. The van der Waals surface area contributed by atoms with E-state index in [1.165, 1.54) is 82.3 Å². The van der Waals surface area contributed by atoms with Crippen molar-refractivity contribution < 1.29 is 0 Å². The molecule has 0 aromatic heterocycles. The Morgan fingerprint density at radius 2 is 0.509 bits per heavy atom. The number of hydrogen-bond acceptors (Lipinski definition) is 4. The minimum Gasteiger partial charge on any atom is -0.311 e. The van der Waals surface area contributed by atoms with Gasteiger partial charge in [0.25, 0.3) is 0 Å². The van der Waals surface area contributed by atoms with Gasteiger partial charge in [-0.05, 0) is 247 Å². The standard InChI is InChI=1S/C58H42N2.C48H40N2/c1-5-19-45(20-6-1)57(47-31-35-53(36-32-47)59(51-25-9-3-10-26-51)55-39-29-43-17-13-15-23-49(43)41-55)58(46-21-7-2-8-22-46)48-33-37-54(38-34-48)60(52-27-11-4-12-28-52)56-40-30-44-18-14-16-24-50(44)42-56;1-35-31-45(49(43-17-5-3-6-18-43)47-29-25-39-13-9-11-15-41(39)33-47)27-23-37(35)21-22-38-24-28-46(32-36(38)2)50(44-19-7-4-8-20-44)48-30-26-40-14-10-12-16-42(40)34-48/h1-42H;3-23,25-34,38H,24H2,1-2H3/b58-57+;22-21+. The molecule has 0 N–H and O–H groups in total. The lowest BCUT2D eigenvalue weighted by Gasteiger charge is -2.30. The lowest BCUT2D eigenvalue weighted by molar-refractivity contribution is 0.757. The number of para-hydroxylation sites is 4. The van der Waals surface area contributed by atoms with E-state index in [9.17, 15) is 0 Å². The largest absolute Gasteiger partial charge is 0.311 e. The molecular formula is C106H82N4. The Morgan fingerprint density at radius 3 is 0.855 bits per heavy atom. The van der Waals surface area contributed by atoms with Gasteiger partial charge >= 0.3 is 0 Å². The van der Waals surface area contributed by atoms with Crippen LogP contribution >= 0.6 is 0 Å². The number of anilines is 11. The summed E-state index contributed by atoms with van der Waals surface area (Å²) in [7, 11) is 0. The second-order valence-electron chi connectivity index (χ2n) is 28.1. The van der Waals surface area contributed by atoms with Gasteiger partial charge in [-0.3, -0.25) is 0 Å². The minimum absolute atomic E-state index is 0.338. The monoisotopic (exact) mass is 1410 g/mol. The van der Waals surface area contributed by atoms with Gasteiger partial charge in [0, 0.05) is 74.2 Å². The Morgan fingerprint density at radius 1 is 0.245 bits per heavy atom. The Labute approximate surface area is 646 Å². The summed E-state index contributed by atoms with van der Waals surface area (Å²) in [4.78, 5) is 9.41. The first-order chi connectivity index (χ1) is 54.4. The molecule has 0 amide bonds. The van der Waals surface area contributed by atoms with Crippen LogP contribution in [0, 0.1) is 12.8 Å². The quantitative estimate of drug-likeness (QED) is 0.0794. The van der Waals surface area contributed by atoms with E-state index in [0.717, 1.165) is 85.5 Å². The van der Waals surface area contributed by atoms with Crippen LogP contribution in [-0.2, 0) is 0 Å². The van der Waals surface area contributed by atoms with E-state index >= 15 is 0 Å². The zero-order valence-corrected chi connectivity index (χ0v) is 61.7. The van der Waals surface area contributed by atoms with Crippen molar-refractivity contribution in [1.82, 2.24) is 0 Å². The molecule has 526 valence electrons. The number of hydrogen-bond donors (Lipinski definition) is 0. The van der Waals surface area contributed by atoms with Crippen LogP contribution in [0.5, 0.6) is 0 Å². The molecule has 110 heavy (non-hydrogen) atoms. The van der Waals surface area contributed by atoms with E-state index in [1.807, 2.05) is 0 Å². The van der Waals surface area contributed by atoms with Gasteiger partial charge in [0.2, 0.25) is 0 Å². The normalized spacial score (nSPS) is 12.9. The van der Waals surface area contributed by atoms with E-state index in [-0.39, 0.29) is 0 Å². The Hall–Kier alpha value is -14.1. The van der Waals surface area contributed by atoms with Gasteiger partial charge in [0.05, 0.1) is 0 Å². The van der Waals surface area contributed by atoms with Crippen LogP contribution in [-0.4, -0.2) is 0 Å². The molecule has 17 aromatic carbocycles. The molecule has 0 spiro atoms. The second kappa shape index (κ2) is 31.9. The smallest absolute Gasteiger partial charge is 0.0468 e. The Kier molecular flexibility index (Phi) is 20.0. The van der Waals surface area contributed by atoms with Crippen LogP contribution < -0.4 is 19.6 Å². The highest BCUT2D eigenvalue weighted by Gasteiger charge is 2.23. The maximum absolute atomic E-state index is 2.39. The van der Waals surface area contributed by atoms with Crippen LogP contribution in [0.25, 0.3) is 60.3 Å². The molecule has 18 rings (SSSR count). The highest BCUT2D eigenvalue weighted by Crippen LogP contribution is 2.45. The molecule has 0 radical (unpaired) electrons. The summed E-state index contributed by atoms with van der Waals surface area (Å²) in [5, 5.41) is 9.86. The van der Waals surface area contributed by atoms with Gasteiger partial charge in [-0.25, -0.2) is 0 Å². The van der Waals surface area contributed by atoms with Crippen molar-refractivity contribution in [3.05, 3.63) is 481 Å². The first-order valence-electron chi connectivity index (χ1n) is 38.0. The van der Waals surface area contributed by atoms with Gasteiger partial charge in [0.1, 0.15) is 0 Å². The Bertz CT molecular complexity index is 5980. The molecule has 1 aliphatic carbocycles. The molecule has 0 saturated heterocycles. The van der Waals surface area contributed by atoms with Crippen molar-refractivity contribution in [3.63, 3.8) is 0 Å². The van der Waals surface area contributed by atoms with Gasteiger partial charge in [-0.15, -0.1) is 0 Å². The second-order valence-corrected chi connectivity index (χ2v) is 28.1. The maximum Gasteiger partial charge on any atom is 0.0468 e. The fourth-order valence-corrected chi connectivity index (χ4v) is 15.5. The molecule has 0 heterocycles. The molecular weight excluding hydrogens is 1330 g/mol. The van der Waals surface area contributed by atoms with Crippen molar-refractivity contribution >= 4 is 123 Å². The lowest BCUT2D eigenvalue weighted by Crippen LogP contribution is -2.18. The molecule has 4 heteroatoms. The van der Waals surface area contributed by atoms with Gasteiger partial charge in [-0.2, -0.15) is 0 Å². The molecule has 0 aliphatic heterocycles. The van der Waals surface area contributed by atoms with Gasteiger partial charge in [0.15, 0.2) is 0 Å². The summed E-state index contributed by atoms with van der Waals surface area (Å²) in [5.74, 6) is 0.338. The third-order valence-corrected chi connectivity index (χ3v) is 21.0. The van der Waals surface area contributed by atoms with Crippen molar-refractivity contribution in [2.75, 3.05) is 19.6 Å². The van der Waals surface area contributed by atoms with Crippen LogP contribution in [0.4, 0.5) is 62.6 Å². The van der Waals surface area contributed by atoms with Crippen LogP contribution in [0.15, 0.2) is 448 Å². The average molecular weight is 1410 g/mol. The van der Waals surface area contributed by atoms with E-state index in [4.69, 9.17) is 0 Å².